The molecule has 2 aromatic rings. The first kappa shape index (κ1) is 10.9. The van der Waals surface area contributed by atoms with E-state index in [0.717, 1.165) is 0 Å². The van der Waals surface area contributed by atoms with Gasteiger partial charge in [-0.25, -0.2) is 4.98 Å². The molecule has 1 heterocycles. The SMILES string of the molecule is Cc1c(O)cccc1Oc1nccc(C#N)n1. The number of hydrogen-bond acceptors (Lipinski definition) is 5. The minimum absolute atomic E-state index is 0.0813. The summed E-state index contributed by atoms with van der Waals surface area (Å²) in [6.45, 7) is 1.72. The molecule has 1 aromatic carbocycles. The molecule has 0 amide bonds. The standard InChI is InChI=1S/C12H9N3O2/c1-8-10(16)3-2-4-11(8)17-12-14-6-5-9(7-13)15-12/h2-6,16H,1H3. The first-order chi connectivity index (χ1) is 8.20. The van der Waals surface area contributed by atoms with Crippen LogP contribution in [0, 0.1) is 18.3 Å². The fourth-order valence-electron chi connectivity index (χ4n) is 1.26. The highest BCUT2D eigenvalue weighted by atomic mass is 16.5. The van der Waals surface area contributed by atoms with Crippen molar-refractivity contribution in [3.05, 3.63) is 41.7 Å². The van der Waals surface area contributed by atoms with Gasteiger partial charge in [-0.15, -0.1) is 0 Å². The van der Waals surface area contributed by atoms with E-state index in [2.05, 4.69) is 9.97 Å². The van der Waals surface area contributed by atoms with Gasteiger partial charge in [-0.1, -0.05) is 6.07 Å². The molecule has 2 rings (SSSR count). The molecule has 0 unspecified atom stereocenters. The number of ether oxygens (including phenoxy) is 1. The second-order valence-corrected chi connectivity index (χ2v) is 3.34. The van der Waals surface area contributed by atoms with E-state index in [1.807, 2.05) is 6.07 Å². The van der Waals surface area contributed by atoms with E-state index in [-0.39, 0.29) is 17.5 Å². The molecule has 0 aliphatic heterocycles. The number of nitrogens with zero attached hydrogens (tertiary/aromatic N) is 3. The predicted molar refractivity (Wildman–Crippen MR) is 59.7 cm³/mol. The van der Waals surface area contributed by atoms with Gasteiger partial charge in [-0.2, -0.15) is 10.2 Å². The summed E-state index contributed by atoms with van der Waals surface area (Å²) < 4.78 is 5.40. The quantitative estimate of drug-likeness (QED) is 0.850. The minimum Gasteiger partial charge on any atom is -0.508 e. The topological polar surface area (TPSA) is 79.0 Å². The van der Waals surface area contributed by atoms with Gasteiger partial charge >= 0.3 is 6.01 Å². The Labute approximate surface area is 98.0 Å². The maximum Gasteiger partial charge on any atom is 0.323 e. The van der Waals surface area contributed by atoms with Crippen molar-refractivity contribution in [2.24, 2.45) is 0 Å². The zero-order valence-corrected chi connectivity index (χ0v) is 9.08. The van der Waals surface area contributed by atoms with Gasteiger partial charge < -0.3 is 9.84 Å². The molecule has 84 valence electrons. The second-order valence-electron chi connectivity index (χ2n) is 3.34. The van der Waals surface area contributed by atoms with Crippen LogP contribution in [0.3, 0.4) is 0 Å². The molecule has 0 aliphatic rings. The van der Waals surface area contributed by atoms with Crippen molar-refractivity contribution >= 4 is 0 Å². The molecule has 0 saturated carbocycles. The number of rotatable bonds is 2. The van der Waals surface area contributed by atoms with Gasteiger partial charge in [-0.05, 0) is 25.1 Å². The van der Waals surface area contributed by atoms with Gasteiger partial charge in [0.05, 0.1) is 0 Å². The van der Waals surface area contributed by atoms with Gasteiger partial charge in [0.25, 0.3) is 0 Å². The van der Waals surface area contributed by atoms with Crippen LogP contribution >= 0.6 is 0 Å². The Morgan fingerprint density at radius 3 is 2.94 bits per heavy atom. The average Bonchev–Trinajstić information content (AvgIpc) is 2.35. The molecule has 0 atom stereocenters. The van der Waals surface area contributed by atoms with Crippen LogP contribution in [0.4, 0.5) is 0 Å². The van der Waals surface area contributed by atoms with Crippen LogP contribution in [-0.2, 0) is 0 Å². The van der Waals surface area contributed by atoms with Crippen LogP contribution in [-0.4, -0.2) is 15.1 Å². The molecule has 1 aromatic heterocycles. The zero-order valence-electron chi connectivity index (χ0n) is 9.08. The summed E-state index contributed by atoms with van der Waals surface area (Å²) in [6, 6.07) is 8.38. The molecule has 0 saturated heterocycles. The number of hydrogen-bond donors (Lipinski definition) is 1. The number of aromatic hydroxyl groups is 1. The lowest BCUT2D eigenvalue weighted by molar-refractivity contribution is 0.425. The van der Waals surface area contributed by atoms with Gasteiger partial charge in [0, 0.05) is 11.8 Å². The summed E-state index contributed by atoms with van der Waals surface area (Å²) in [7, 11) is 0. The molecule has 5 nitrogen and oxygen atoms in total. The van der Waals surface area contributed by atoms with Crippen LogP contribution in [0.1, 0.15) is 11.3 Å². The maximum atomic E-state index is 9.51. The van der Waals surface area contributed by atoms with Crippen molar-refractivity contribution in [3.8, 4) is 23.6 Å². The molecular weight excluding hydrogens is 218 g/mol. The predicted octanol–water partition coefficient (Wildman–Crippen LogP) is 2.15. The van der Waals surface area contributed by atoms with E-state index >= 15 is 0 Å². The van der Waals surface area contributed by atoms with Crippen molar-refractivity contribution in [3.63, 3.8) is 0 Å². The van der Waals surface area contributed by atoms with E-state index in [1.165, 1.54) is 12.3 Å². The van der Waals surface area contributed by atoms with E-state index in [0.29, 0.717) is 11.3 Å². The Hall–Kier alpha value is -2.61. The van der Waals surface area contributed by atoms with Crippen LogP contribution in [0.25, 0.3) is 0 Å². The zero-order chi connectivity index (χ0) is 12.3. The van der Waals surface area contributed by atoms with Crippen molar-refractivity contribution in [1.82, 2.24) is 9.97 Å². The third-order valence-electron chi connectivity index (χ3n) is 2.20. The number of aromatic nitrogens is 2. The Morgan fingerprint density at radius 2 is 2.18 bits per heavy atom. The summed E-state index contributed by atoms with van der Waals surface area (Å²) in [5.74, 6) is 0.596. The Bertz CT molecular complexity index is 591. The fraction of sp³-hybridized carbons (Fsp3) is 0.0833. The number of phenols is 1. The molecule has 0 radical (unpaired) electrons. The van der Waals surface area contributed by atoms with E-state index in [4.69, 9.17) is 10.00 Å². The summed E-state index contributed by atoms with van der Waals surface area (Å²) >= 11 is 0. The number of benzene rings is 1. The van der Waals surface area contributed by atoms with Crippen molar-refractivity contribution in [2.75, 3.05) is 0 Å². The smallest absolute Gasteiger partial charge is 0.323 e. The monoisotopic (exact) mass is 227 g/mol. The molecule has 0 bridgehead atoms. The van der Waals surface area contributed by atoms with Crippen molar-refractivity contribution < 1.29 is 9.84 Å². The van der Waals surface area contributed by atoms with E-state index < -0.39 is 0 Å². The van der Waals surface area contributed by atoms with Gasteiger partial charge in [0.2, 0.25) is 0 Å². The van der Waals surface area contributed by atoms with Crippen LogP contribution < -0.4 is 4.74 Å². The third-order valence-corrected chi connectivity index (χ3v) is 2.20. The highest BCUT2D eigenvalue weighted by molar-refractivity contribution is 5.43. The highest BCUT2D eigenvalue weighted by Crippen LogP contribution is 2.28. The Balaban J connectivity index is 2.32. The highest BCUT2D eigenvalue weighted by Gasteiger charge is 2.07. The summed E-state index contributed by atoms with van der Waals surface area (Å²) in [5, 5.41) is 18.2. The Kier molecular flexibility index (Phi) is 2.88. The number of nitriles is 1. The van der Waals surface area contributed by atoms with Crippen molar-refractivity contribution in [1.29, 1.82) is 5.26 Å². The first-order valence-corrected chi connectivity index (χ1v) is 4.90. The molecule has 0 aliphatic carbocycles. The van der Waals surface area contributed by atoms with Gasteiger partial charge in [0.1, 0.15) is 23.3 Å². The fourth-order valence-corrected chi connectivity index (χ4v) is 1.26. The minimum atomic E-state index is 0.0813. The second kappa shape index (κ2) is 4.49. The van der Waals surface area contributed by atoms with Gasteiger partial charge in [0.15, 0.2) is 0 Å². The normalized spacial score (nSPS) is 9.65. The first-order valence-electron chi connectivity index (χ1n) is 4.90. The summed E-state index contributed by atoms with van der Waals surface area (Å²) in [5.41, 5.74) is 0.825. The molecule has 1 N–H and O–H groups in total. The third kappa shape index (κ3) is 2.32. The summed E-state index contributed by atoms with van der Waals surface area (Å²) in [4.78, 5) is 7.77. The number of phenolic OH excluding ortho intramolecular Hbond substituents is 1. The van der Waals surface area contributed by atoms with E-state index in [1.54, 1.807) is 25.1 Å². The maximum absolute atomic E-state index is 9.51. The summed E-state index contributed by atoms with van der Waals surface area (Å²) in [6.07, 6.45) is 1.44. The molecular formula is C12H9N3O2. The van der Waals surface area contributed by atoms with Crippen LogP contribution in [0.5, 0.6) is 17.5 Å². The lowest BCUT2D eigenvalue weighted by atomic mass is 10.2. The molecule has 17 heavy (non-hydrogen) atoms. The largest absolute Gasteiger partial charge is 0.508 e. The van der Waals surface area contributed by atoms with E-state index in [9.17, 15) is 5.11 Å². The van der Waals surface area contributed by atoms with Gasteiger partial charge in [-0.3, -0.25) is 0 Å². The van der Waals surface area contributed by atoms with Crippen molar-refractivity contribution in [2.45, 2.75) is 6.92 Å². The molecule has 0 fully saturated rings. The lowest BCUT2D eigenvalue weighted by Crippen LogP contribution is -1.94. The Morgan fingerprint density at radius 1 is 1.35 bits per heavy atom. The molecule has 5 heteroatoms. The van der Waals surface area contributed by atoms with Crippen LogP contribution in [0.2, 0.25) is 0 Å². The molecule has 0 spiro atoms. The lowest BCUT2D eigenvalue weighted by Gasteiger charge is -2.07. The van der Waals surface area contributed by atoms with Crippen LogP contribution in [0.15, 0.2) is 30.5 Å². The average molecular weight is 227 g/mol.